The molecule has 0 bridgehead atoms. The zero-order chi connectivity index (χ0) is 22.3. The topological polar surface area (TPSA) is 57.2 Å². The third-order valence-corrected chi connectivity index (χ3v) is 6.28. The molecule has 0 N–H and O–H groups in total. The van der Waals surface area contributed by atoms with Gasteiger partial charge in [0.2, 0.25) is 0 Å². The minimum atomic E-state index is -0.475. The molecule has 170 valence electrons. The van der Waals surface area contributed by atoms with E-state index in [-0.39, 0.29) is 11.5 Å². The minimum Gasteiger partial charge on any atom is -0.494 e. The summed E-state index contributed by atoms with van der Waals surface area (Å²) in [6.45, 7) is 5.04. The van der Waals surface area contributed by atoms with Crippen LogP contribution in [0.4, 0.5) is 4.39 Å². The number of hydrogen-bond donors (Lipinski definition) is 0. The summed E-state index contributed by atoms with van der Waals surface area (Å²) < 4.78 is 36.0. The van der Waals surface area contributed by atoms with Crippen LogP contribution < -0.4 is 14.2 Å². The van der Waals surface area contributed by atoms with Gasteiger partial charge in [-0.05, 0) is 29.8 Å². The highest BCUT2D eigenvalue weighted by atomic mass is 32.2. The Balaban J connectivity index is 1.51. The Morgan fingerprint density at radius 2 is 2.03 bits per heavy atom. The number of hydrogen-bond acceptors (Lipinski definition) is 7. The third kappa shape index (κ3) is 5.62. The number of ketones is 1. The lowest BCUT2D eigenvalue weighted by Crippen LogP contribution is -2.38. The normalized spacial score (nSPS) is 16.4. The van der Waals surface area contributed by atoms with Crippen molar-refractivity contribution in [3.05, 3.63) is 53.4 Å². The maximum atomic E-state index is 14.0. The molecule has 0 aliphatic carbocycles. The summed E-state index contributed by atoms with van der Waals surface area (Å²) in [5.74, 6) is 1.54. The highest BCUT2D eigenvalue weighted by Gasteiger charge is 2.20. The summed E-state index contributed by atoms with van der Waals surface area (Å²) in [6, 6.07) is 8.19. The maximum Gasteiger partial charge on any atom is 0.189 e. The molecule has 2 aliphatic heterocycles. The van der Waals surface area contributed by atoms with Gasteiger partial charge in [-0.15, -0.1) is 11.8 Å². The highest BCUT2D eigenvalue weighted by Crippen LogP contribution is 2.38. The Morgan fingerprint density at radius 1 is 1.19 bits per heavy atom. The predicted octanol–water partition coefficient (Wildman–Crippen LogP) is 3.93. The average Bonchev–Trinajstić information content (AvgIpc) is 2.83. The molecular formula is C24H26FNO5S. The van der Waals surface area contributed by atoms with Gasteiger partial charge in [0.1, 0.15) is 18.1 Å². The molecule has 8 heteroatoms. The maximum absolute atomic E-state index is 14.0. The molecule has 2 aromatic rings. The fourth-order valence-electron chi connectivity index (χ4n) is 3.54. The predicted molar refractivity (Wildman–Crippen MR) is 122 cm³/mol. The highest BCUT2D eigenvalue weighted by molar-refractivity contribution is 7.99. The molecular weight excluding hydrogens is 433 g/mol. The van der Waals surface area contributed by atoms with Crippen molar-refractivity contribution in [1.82, 2.24) is 4.90 Å². The summed E-state index contributed by atoms with van der Waals surface area (Å²) in [5, 5.41) is 0. The van der Waals surface area contributed by atoms with Crippen LogP contribution in [0.15, 0.2) is 41.3 Å². The number of carbonyl (C=O) groups excluding carboxylic acids is 1. The monoisotopic (exact) mass is 459 g/mol. The van der Waals surface area contributed by atoms with Crippen LogP contribution in [-0.2, 0) is 4.74 Å². The van der Waals surface area contributed by atoms with Crippen LogP contribution in [0.3, 0.4) is 0 Å². The van der Waals surface area contributed by atoms with E-state index >= 15 is 0 Å². The number of nitrogens with zero attached hydrogens (tertiary/aromatic N) is 1. The van der Waals surface area contributed by atoms with Crippen molar-refractivity contribution in [3.63, 3.8) is 0 Å². The fraction of sp³-hybridized carbons (Fsp3) is 0.375. The van der Waals surface area contributed by atoms with E-state index in [0.29, 0.717) is 30.1 Å². The average molecular weight is 460 g/mol. The number of allylic oxidation sites excluding steroid dienone is 1. The molecule has 2 aliphatic rings. The van der Waals surface area contributed by atoms with Gasteiger partial charge in [0.25, 0.3) is 0 Å². The fourth-order valence-corrected chi connectivity index (χ4v) is 4.39. The Hall–Kier alpha value is -2.55. The summed E-state index contributed by atoms with van der Waals surface area (Å²) >= 11 is 1.65. The van der Waals surface area contributed by atoms with Gasteiger partial charge >= 0.3 is 0 Å². The SMILES string of the molecule is COc1ccc(C=CC(=O)c2cc3c(cc2OCCN2CCOCC2)OCCS3)cc1F. The molecule has 4 rings (SSSR count). The van der Waals surface area contributed by atoms with Gasteiger partial charge in [0.05, 0.1) is 37.4 Å². The lowest BCUT2D eigenvalue weighted by Gasteiger charge is -2.26. The van der Waals surface area contributed by atoms with Crippen LogP contribution in [0.5, 0.6) is 17.2 Å². The van der Waals surface area contributed by atoms with Gasteiger partial charge in [-0.1, -0.05) is 12.1 Å². The van der Waals surface area contributed by atoms with Gasteiger partial charge in [-0.25, -0.2) is 4.39 Å². The first-order valence-corrected chi connectivity index (χ1v) is 11.5. The van der Waals surface area contributed by atoms with Crippen LogP contribution in [-0.4, -0.2) is 69.6 Å². The number of fused-ring (bicyclic) bond motifs is 1. The summed E-state index contributed by atoms with van der Waals surface area (Å²) in [7, 11) is 1.41. The van der Waals surface area contributed by atoms with Gasteiger partial charge < -0.3 is 18.9 Å². The lowest BCUT2D eigenvalue weighted by molar-refractivity contribution is 0.0322. The number of methoxy groups -OCH3 is 1. The summed E-state index contributed by atoms with van der Waals surface area (Å²) in [5.41, 5.74) is 1.04. The molecule has 0 aromatic heterocycles. The number of carbonyl (C=O) groups is 1. The van der Waals surface area contributed by atoms with E-state index in [1.165, 1.54) is 25.3 Å². The quantitative estimate of drug-likeness (QED) is 0.438. The molecule has 0 radical (unpaired) electrons. The number of thioether (sulfide) groups is 1. The number of benzene rings is 2. The Morgan fingerprint density at radius 3 is 2.81 bits per heavy atom. The summed E-state index contributed by atoms with van der Waals surface area (Å²) in [4.78, 5) is 16.2. The molecule has 1 saturated heterocycles. The van der Waals surface area contributed by atoms with Crippen LogP contribution in [0.1, 0.15) is 15.9 Å². The zero-order valence-corrected chi connectivity index (χ0v) is 18.8. The van der Waals surface area contributed by atoms with Gasteiger partial charge in [-0.2, -0.15) is 0 Å². The van der Waals surface area contributed by atoms with Crippen LogP contribution in [0.2, 0.25) is 0 Å². The molecule has 0 atom stereocenters. The number of morpholine rings is 1. The van der Waals surface area contributed by atoms with Crippen molar-refractivity contribution in [3.8, 4) is 17.2 Å². The summed E-state index contributed by atoms with van der Waals surface area (Å²) in [6.07, 6.45) is 3.03. The molecule has 1 fully saturated rings. The van der Waals surface area contributed by atoms with E-state index in [9.17, 15) is 9.18 Å². The van der Waals surface area contributed by atoms with E-state index in [0.717, 1.165) is 49.2 Å². The number of rotatable bonds is 8. The van der Waals surface area contributed by atoms with Crippen LogP contribution in [0, 0.1) is 5.82 Å². The molecule has 2 heterocycles. The largest absolute Gasteiger partial charge is 0.494 e. The van der Waals surface area contributed by atoms with Crippen molar-refractivity contribution in [1.29, 1.82) is 0 Å². The van der Waals surface area contributed by atoms with Crippen LogP contribution in [0.25, 0.3) is 6.08 Å². The smallest absolute Gasteiger partial charge is 0.189 e. The van der Waals surface area contributed by atoms with Gasteiger partial charge in [0, 0.05) is 31.5 Å². The molecule has 6 nitrogen and oxygen atoms in total. The van der Waals surface area contributed by atoms with E-state index in [1.54, 1.807) is 30.0 Å². The molecule has 0 saturated carbocycles. The molecule has 0 amide bonds. The van der Waals surface area contributed by atoms with Crippen molar-refractivity contribution in [2.24, 2.45) is 0 Å². The lowest BCUT2D eigenvalue weighted by atomic mass is 10.1. The molecule has 0 spiro atoms. The second-order valence-corrected chi connectivity index (χ2v) is 8.52. The Labute approximate surface area is 191 Å². The Bertz CT molecular complexity index is 991. The first-order chi connectivity index (χ1) is 15.6. The molecule has 32 heavy (non-hydrogen) atoms. The van der Waals surface area contributed by atoms with E-state index < -0.39 is 5.82 Å². The molecule has 0 unspecified atom stereocenters. The van der Waals surface area contributed by atoms with Gasteiger partial charge in [0.15, 0.2) is 17.3 Å². The van der Waals surface area contributed by atoms with Crippen molar-refractivity contribution >= 4 is 23.6 Å². The number of ether oxygens (including phenoxy) is 4. The minimum absolute atomic E-state index is 0.163. The zero-order valence-electron chi connectivity index (χ0n) is 18.0. The van der Waals surface area contributed by atoms with E-state index in [1.807, 2.05) is 6.07 Å². The van der Waals surface area contributed by atoms with Gasteiger partial charge in [-0.3, -0.25) is 9.69 Å². The third-order valence-electron chi connectivity index (χ3n) is 5.28. The second-order valence-electron chi connectivity index (χ2n) is 7.39. The first kappa shape index (κ1) is 22.6. The van der Waals surface area contributed by atoms with E-state index in [2.05, 4.69) is 4.90 Å². The molecule has 2 aromatic carbocycles. The van der Waals surface area contributed by atoms with Crippen molar-refractivity contribution in [2.75, 3.05) is 58.9 Å². The first-order valence-electron chi connectivity index (χ1n) is 10.6. The second kappa shape index (κ2) is 10.8. The van der Waals surface area contributed by atoms with Crippen LogP contribution >= 0.6 is 11.8 Å². The Kier molecular flexibility index (Phi) is 7.68. The standard InChI is InChI=1S/C24H26FNO5S/c1-28-21-5-3-17(14-19(21)25)2-4-20(27)18-15-24-23(31-12-13-32-24)16-22(18)30-11-8-26-6-9-29-10-7-26/h2-5,14-16H,6-13H2,1H3. The van der Waals surface area contributed by atoms with E-state index in [4.69, 9.17) is 18.9 Å². The van der Waals surface area contributed by atoms with Crippen molar-refractivity contribution in [2.45, 2.75) is 4.90 Å². The number of halogens is 1. The van der Waals surface area contributed by atoms with Crippen molar-refractivity contribution < 1.29 is 28.1 Å².